The molecule has 0 radical (unpaired) electrons. The Kier molecular flexibility index (Phi) is 4.44. The molecule has 96 valence electrons. The molecule has 0 saturated carbocycles. The number of aliphatic hydroxyl groups is 1. The molecule has 1 aromatic heterocycles. The molecule has 0 aliphatic heterocycles. The van der Waals surface area contributed by atoms with Gasteiger partial charge in [0.2, 0.25) is 0 Å². The van der Waals surface area contributed by atoms with Crippen molar-refractivity contribution in [3.8, 4) is 0 Å². The molecule has 0 aliphatic carbocycles. The van der Waals surface area contributed by atoms with Gasteiger partial charge in [0.25, 0.3) is 0 Å². The largest absolute Gasteiger partial charge is 0.467 e. The van der Waals surface area contributed by atoms with Crippen molar-refractivity contribution in [2.45, 2.75) is 20.1 Å². The Bertz CT molecular complexity index is 497. The molecule has 0 spiro atoms. The normalized spacial score (nSPS) is 10.6. The maximum Gasteiger partial charge on any atom is 0.123 e. The molecule has 0 fully saturated rings. The third-order valence-corrected chi connectivity index (χ3v) is 3.36. The highest BCUT2D eigenvalue weighted by atomic mass is 79.9. The van der Waals surface area contributed by atoms with Crippen molar-refractivity contribution < 1.29 is 9.52 Å². The Morgan fingerprint density at radius 1 is 1.33 bits per heavy atom. The van der Waals surface area contributed by atoms with Gasteiger partial charge in [-0.2, -0.15) is 0 Å². The Morgan fingerprint density at radius 2 is 2.17 bits per heavy atom. The number of rotatable bonds is 5. The Balaban J connectivity index is 2.28. The number of furan rings is 1. The van der Waals surface area contributed by atoms with E-state index in [9.17, 15) is 5.11 Å². The summed E-state index contributed by atoms with van der Waals surface area (Å²) in [5, 5.41) is 9.41. The second-order valence-electron chi connectivity index (χ2n) is 4.02. The number of hydrogen-bond donors (Lipinski definition) is 1. The lowest BCUT2D eigenvalue weighted by molar-refractivity contribution is 0.282. The maximum atomic E-state index is 9.41. The number of halogens is 1. The summed E-state index contributed by atoms with van der Waals surface area (Å²) in [5.41, 5.74) is 1.96. The Hall–Kier alpha value is -1.26. The van der Waals surface area contributed by atoms with Gasteiger partial charge in [0, 0.05) is 22.3 Å². The second kappa shape index (κ2) is 6.07. The quantitative estimate of drug-likeness (QED) is 0.917. The Morgan fingerprint density at radius 3 is 2.78 bits per heavy atom. The van der Waals surface area contributed by atoms with Crippen LogP contribution in [-0.4, -0.2) is 11.7 Å². The average molecular weight is 310 g/mol. The van der Waals surface area contributed by atoms with Crippen molar-refractivity contribution in [2.24, 2.45) is 0 Å². The van der Waals surface area contributed by atoms with Crippen molar-refractivity contribution in [2.75, 3.05) is 11.4 Å². The highest BCUT2D eigenvalue weighted by Gasteiger charge is 2.11. The fourth-order valence-electron chi connectivity index (χ4n) is 1.92. The molecule has 3 nitrogen and oxygen atoms in total. The zero-order valence-electron chi connectivity index (χ0n) is 10.3. The molecule has 2 aromatic rings. The molecule has 0 unspecified atom stereocenters. The molecular weight excluding hydrogens is 294 g/mol. The van der Waals surface area contributed by atoms with Gasteiger partial charge in [-0.15, -0.1) is 0 Å². The minimum Gasteiger partial charge on any atom is -0.467 e. The van der Waals surface area contributed by atoms with Gasteiger partial charge in [0.1, 0.15) is 5.76 Å². The number of aliphatic hydroxyl groups excluding tert-OH is 1. The van der Waals surface area contributed by atoms with Gasteiger partial charge in [0.15, 0.2) is 0 Å². The third-order valence-electron chi connectivity index (χ3n) is 2.87. The third kappa shape index (κ3) is 2.94. The zero-order chi connectivity index (χ0) is 13.0. The lowest BCUT2D eigenvalue weighted by atomic mass is 10.1. The molecule has 1 N–H and O–H groups in total. The molecule has 4 heteroatoms. The first-order valence-corrected chi connectivity index (χ1v) is 6.70. The van der Waals surface area contributed by atoms with E-state index >= 15 is 0 Å². The molecule has 0 aliphatic rings. The Labute approximate surface area is 115 Å². The first kappa shape index (κ1) is 13.2. The summed E-state index contributed by atoms with van der Waals surface area (Å²) in [7, 11) is 0. The molecule has 0 atom stereocenters. The molecule has 2 rings (SSSR count). The standard InChI is InChI=1S/C14H16BrNO2/c1-2-16(9-13-4-3-7-18-13)14-8-12(15)6-5-11(14)10-17/h3-8,17H,2,9-10H2,1H3. The predicted octanol–water partition coefficient (Wildman–Crippen LogP) is 3.56. The molecule has 18 heavy (non-hydrogen) atoms. The molecule has 1 heterocycles. The second-order valence-corrected chi connectivity index (χ2v) is 4.94. The van der Waals surface area contributed by atoms with E-state index in [-0.39, 0.29) is 6.61 Å². The summed E-state index contributed by atoms with van der Waals surface area (Å²) in [6.07, 6.45) is 1.68. The van der Waals surface area contributed by atoms with E-state index in [0.29, 0.717) is 6.54 Å². The minimum absolute atomic E-state index is 0.0390. The fourth-order valence-corrected chi connectivity index (χ4v) is 2.27. The van der Waals surface area contributed by atoms with E-state index in [1.807, 2.05) is 30.3 Å². The number of nitrogens with zero attached hydrogens (tertiary/aromatic N) is 1. The van der Waals surface area contributed by atoms with E-state index in [4.69, 9.17) is 4.42 Å². The lowest BCUT2D eigenvalue weighted by Gasteiger charge is -2.24. The highest BCUT2D eigenvalue weighted by molar-refractivity contribution is 9.10. The van der Waals surface area contributed by atoms with Crippen LogP contribution in [0, 0.1) is 0 Å². The summed E-state index contributed by atoms with van der Waals surface area (Å²) in [5.74, 6) is 0.917. The summed E-state index contributed by atoms with van der Waals surface area (Å²) in [6, 6.07) is 9.74. The van der Waals surface area contributed by atoms with Crippen LogP contribution in [0.15, 0.2) is 45.5 Å². The van der Waals surface area contributed by atoms with Crippen molar-refractivity contribution in [1.82, 2.24) is 0 Å². The lowest BCUT2D eigenvalue weighted by Crippen LogP contribution is -2.23. The molecule has 0 amide bonds. The van der Waals surface area contributed by atoms with Gasteiger partial charge in [-0.3, -0.25) is 0 Å². The monoisotopic (exact) mass is 309 g/mol. The van der Waals surface area contributed by atoms with E-state index in [1.54, 1.807) is 6.26 Å². The van der Waals surface area contributed by atoms with E-state index in [0.717, 1.165) is 28.0 Å². The zero-order valence-corrected chi connectivity index (χ0v) is 11.9. The van der Waals surface area contributed by atoms with E-state index in [1.165, 1.54) is 0 Å². The van der Waals surface area contributed by atoms with Gasteiger partial charge < -0.3 is 14.4 Å². The van der Waals surface area contributed by atoms with Gasteiger partial charge in [-0.1, -0.05) is 22.0 Å². The SMILES string of the molecule is CCN(Cc1ccco1)c1cc(Br)ccc1CO. The maximum absolute atomic E-state index is 9.41. The van der Waals surface area contributed by atoms with Crippen LogP contribution in [0.1, 0.15) is 18.2 Å². The number of benzene rings is 1. The number of hydrogen-bond acceptors (Lipinski definition) is 3. The van der Waals surface area contributed by atoms with Crippen molar-refractivity contribution in [3.63, 3.8) is 0 Å². The average Bonchev–Trinajstić information content (AvgIpc) is 2.88. The van der Waals surface area contributed by atoms with Crippen molar-refractivity contribution in [3.05, 3.63) is 52.4 Å². The van der Waals surface area contributed by atoms with Crippen molar-refractivity contribution >= 4 is 21.6 Å². The van der Waals surface area contributed by atoms with Gasteiger partial charge in [-0.25, -0.2) is 0 Å². The summed E-state index contributed by atoms with van der Waals surface area (Å²) < 4.78 is 6.38. The summed E-state index contributed by atoms with van der Waals surface area (Å²) in [4.78, 5) is 2.18. The first-order chi connectivity index (χ1) is 8.74. The smallest absolute Gasteiger partial charge is 0.123 e. The van der Waals surface area contributed by atoms with Gasteiger partial charge >= 0.3 is 0 Å². The van der Waals surface area contributed by atoms with Crippen LogP contribution in [0.5, 0.6) is 0 Å². The van der Waals surface area contributed by atoms with Crippen LogP contribution < -0.4 is 4.90 Å². The van der Waals surface area contributed by atoms with Gasteiger partial charge in [0.05, 0.1) is 19.4 Å². The van der Waals surface area contributed by atoms with Crippen LogP contribution in [-0.2, 0) is 13.2 Å². The van der Waals surface area contributed by atoms with E-state index in [2.05, 4.69) is 27.8 Å². The van der Waals surface area contributed by atoms with Gasteiger partial charge in [-0.05, 0) is 31.2 Å². The topological polar surface area (TPSA) is 36.6 Å². The highest BCUT2D eigenvalue weighted by Crippen LogP contribution is 2.26. The molecule has 1 aromatic carbocycles. The van der Waals surface area contributed by atoms with Crippen LogP contribution in [0.4, 0.5) is 5.69 Å². The first-order valence-electron chi connectivity index (χ1n) is 5.91. The van der Waals surface area contributed by atoms with Crippen LogP contribution in [0.2, 0.25) is 0 Å². The fraction of sp³-hybridized carbons (Fsp3) is 0.286. The predicted molar refractivity (Wildman–Crippen MR) is 75.5 cm³/mol. The summed E-state index contributed by atoms with van der Waals surface area (Å²) in [6.45, 7) is 3.68. The van der Waals surface area contributed by atoms with Crippen LogP contribution in [0.3, 0.4) is 0 Å². The summed E-state index contributed by atoms with van der Waals surface area (Å²) >= 11 is 3.47. The number of anilines is 1. The van der Waals surface area contributed by atoms with Crippen molar-refractivity contribution in [1.29, 1.82) is 0 Å². The molecule has 0 saturated heterocycles. The molecule has 0 bridgehead atoms. The van der Waals surface area contributed by atoms with Crippen LogP contribution in [0.25, 0.3) is 0 Å². The molecular formula is C14H16BrNO2. The van der Waals surface area contributed by atoms with Crippen LogP contribution >= 0.6 is 15.9 Å². The van der Waals surface area contributed by atoms with E-state index < -0.39 is 0 Å². The minimum atomic E-state index is 0.0390.